The average molecular weight is 292 g/mol. The fourth-order valence-corrected chi connectivity index (χ4v) is 3.59. The zero-order valence-corrected chi connectivity index (χ0v) is 13.8. The van der Waals surface area contributed by atoms with E-state index in [0.29, 0.717) is 18.1 Å². The van der Waals surface area contributed by atoms with E-state index in [2.05, 4.69) is 60.7 Å². The van der Waals surface area contributed by atoms with Crippen LogP contribution in [0.15, 0.2) is 30.3 Å². The van der Waals surface area contributed by atoms with E-state index in [9.17, 15) is 0 Å². The third-order valence-corrected chi connectivity index (χ3v) is 4.97. The minimum Gasteiger partial charge on any atom is -0.310 e. The Kier molecular flexibility index (Phi) is 6.40. The molecule has 3 heteroatoms. The number of nitrogens with zero attached hydrogens (tertiary/aromatic N) is 1. The maximum atomic E-state index is 3.79. The molecule has 0 amide bonds. The van der Waals surface area contributed by atoms with Crippen molar-refractivity contribution in [3.8, 4) is 0 Å². The van der Waals surface area contributed by atoms with Gasteiger partial charge in [0.25, 0.3) is 0 Å². The molecule has 1 saturated heterocycles. The molecule has 1 N–H and O–H groups in total. The maximum Gasteiger partial charge on any atom is 0.0320 e. The zero-order chi connectivity index (χ0) is 14.4. The molecular formula is C17H28N2S. The molecule has 1 aliphatic rings. The monoisotopic (exact) mass is 292 g/mol. The second-order valence-electron chi connectivity index (χ2n) is 5.92. The number of hydrogen-bond donors (Lipinski definition) is 1. The molecule has 2 nitrogen and oxygen atoms in total. The number of hydrogen-bond acceptors (Lipinski definition) is 3. The van der Waals surface area contributed by atoms with Gasteiger partial charge in [0.05, 0.1) is 0 Å². The van der Waals surface area contributed by atoms with Crippen molar-refractivity contribution in [1.82, 2.24) is 10.2 Å². The predicted octanol–water partition coefficient (Wildman–Crippen LogP) is 3.55. The highest BCUT2D eigenvalue weighted by Gasteiger charge is 2.27. The van der Waals surface area contributed by atoms with Crippen molar-refractivity contribution < 1.29 is 0 Å². The van der Waals surface area contributed by atoms with Gasteiger partial charge in [-0.2, -0.15) is 11.8 Å². The first kappa shape index (κ1) is 15.9. The van der Waals surface area contributed by atoms with Gasteiger partial charge < -0.3 is 5.32 Å². The van der Waals surface area contributed by atoms with E-state index in [1.165, 1.54) is 37.2 Å². The van der Waals surface area contributed by atoms with Crippen molar-refractivity contribution in [1.29, 1.82) is 0 Å². The first-order chi connectivity index (χ1) is 9.70. The number of rotatable bonds is 7. The molecule has 1 aromatic carbocycles. The van der Waals surface area contributed by atoms with Crippen LogP contribution in [-0.2, 0) is 0 Å². The summed E-state index contributed by atoms with van der Waals surface area (Å²) in [4.78, 5) is 2.61. The number of benzene rings is 1. The van der Waals surface area contributed by atoms with Crippen molar-refractivity contribution >= 4 is 11.8 Å². The summed E-state index contributed by atoms with van der Waals surface area (Å²) in [7, 11) is 0. The third-order valence-electron chi connectivity index (χ3n) is 4.32. The first-order valence-electron chi connectivity index (χ1n) is 7.74. The number of likely N-dealkylation sites (tertiary alicyclic amines) is 1. The van der Waals surface area contributed by atoms with Crippen LogP contribution < -0.4 is 5.32 Å². The molecule has 0 bridgehead atoms. The van der Waals surface area contributed by atoms with E-state index in [0.717, 1.165) is 0 Å². The van der Waals surface area contributed by atoms with E-state index in [1.807, 2.05) is 11.8 Å². The normalized spacial score (nSPS) is 22.9. The lowest BCUT2D eigenvalue weighted by molar-refractivity contribution is 0.253. The van der Waals surface area contributed by atoms with Crippen LogP contribution in [0.1, 0.15) is 38.3 Å². The molecule has 1 heterocycles. The fraction of sp³-hybridized carbons (Fsp3) is 0.647. The first-order valence-corrected chi connectivity index (χ1v) is 9.14. The van der Waals surface area contributed by atoms with Crippen LogP contribution in [0.25, 0.3) is 0 Å². The minimum atomic E-state index is 0.532. The summed E-state index contributed by atoms with van der Waals surface area (Å²) in [6, 6.07) is 12.7. The fourth-order valence-electron chi connectivity index (χ4n) is 3.00. The second kappa shape index (κ2) is 8.06. The van der Waals surface area contributed by atoms with Crippen molar-refractivity contribution in [2.24, 2.45) is 0 Å². The van der Waals surface area contributed by atoms with Crippen molar-refractivity contribution in [2.75, 3.05) is 25.1 Å². The van der Waals surface area contributed by atoms with Gasteiger partial charge >= 0.3 is 0 Å². The van der Waals surface area contributed by atoms with Crippen LogP contribution in [-0.4, -0.2) is 42.1 Å². The SMILES string of the molecule is CSCC[C@H](C)N[C@H]1CCN([C@@H](C)c2ccccc2)C1. The van der Waals surface area contributed by atoms with Gasteiger partial charge in [-0.15, -0.1) is 0 Å². The Hall–Kier alpha value is -0.510. The Labute approximate surface area is 128 Å². The zero-order valence-electron chi connectivity index (χ0n) is 13.0. The van der Waals surface area contributed by atoms with Crippen LogP contribution in [0.4, 0.5) is 0 Å². The molecule has 0 saturated carbocycles. The van der Waals surface area contributed by atoms with E-state index in [4.69, 9.17) is 0 Å². The van der Waals surface area contributed by atoms with Gasteiger partial charge in [-0.05, 0) is 44.3 Å². The average Bonchev–Trinajstić information content (AvgIpc) is 2.93. The highest BCUT2D eigenvalue weighted by Crippen LogP contribution is 2.24. The van der Waals surface area contributed by atoms with Gasteiger partial charge in [0.15, 0.2) is 0 Å². The summed E-state index contributed by atoms with van der Waals surface area (Å²) in [6.07, 6.45) is 4.73. The van der Waals surface area contributed by atoms with E-state index >= 15 is 0 Å². The lowest BCUT2D eigenvalue weighted by atomic mass is 10.1. The van der Waals surface area contributed by atoms with Crippen molar-refractivity contribution in [2.45, 2.75) is 44.8 Å². The van der Waals surface area contributed by atoms with Crippen molar-refractivity contribution in [3.63, 3.8) is 0 Å². The van der Waals surface area contributed by atoms with Crippen LogP contribution >= 0.6 is 11.8 Å². The van der Waals surface area contributed by atoms with Gasteiger partial charge in [-0.1, -0.05) is 30.3 Å². The molecule has 0 unspecified atom stereocenters. The predicted molar refractivity (Wildman–Crippen MR) is 90.4 cm³/mol. The standard InChI is InChI=1S/C17H28N2S/c1-14(10-12-20-3)18-17-9-11-19(13-17)15(2)16-7-5-4-6-8-16/h4-8,14-15,17-18H,9-13H2,1-3H3/t14-,15-,17-/m0/s1. The third kappa shape index (κ3) is 4.51. The summed E-state index contributed by atoms with van der Waals surface area (Å²) < 4.78 is 0. The van der Waals surface area contributed by atoms with Crippen LogP contribution in [0.3, 0.4) is 0 Å². The molecule has 0 radical (unpaired) electrons. The smallest absolute Gasteiger partial charge is 0.0320 e. The van der Waals surface area contributed by atoms with Gasteiger partial charge in [-0.3, -0.25) is 4.90 Å². The molecule has 1 aliphatic heterocycles. The molecule has 1 fully saturated rings. The Morgan fingerprint density at radius 1 is 1.30 bits per heavy atom. The molecular weight excluding hydrogens is 264 g/mol. The number of nitrogens with one attached hydrogen (secondary N) is 1. The topological polar surface area (TPSA) is 15.3 Å². The maximum absolute atomic E-state index is 3.79. The minimum absolute atomic E-state index is 0.532. The van der Waals surface area contributed by atoms with E-state index in [1.54, 1.807) is 0 Å². The lowest BCUT2D eigenvalue weighted by Crippen LogP contribution is -2.39. The summed E-state index contributed by atoms with van der Waals surface area (Å²) in [5.74, 6) is 1.25. The highest BCUT2D eigenvalue weighted by molar-refractivity contribution is 7.98. The van der Waals surface area contributed by atoms with Gasteiger partial charge in [0.1, 0.15) is 0 Å². The van der Waals surface area contributed by atoms with Crippen LogP contribution in [0, 0.1) is 0 Å². The Balaban J connectivity index is 1.80. The summed E-state index contributed by atoms with van der Waals surface area (Å²) in [6.45, 7) is 7.04. The molecule has 0 spiro atoms. The molecule has 20 heavy (non-hydrogen) atoms. The molecule has 2 rings (SSSR count). The Morgan fingerprint density at radius 2 is 2.05 bits per heavy atom. The Morgan fingerprint density at radius 3 is 2.75 bits per heavy atom. The molecule has 112 valence electrons. The summed E-state index contributed by atoms with van der Waals surface area (Å²) in [5.41, 5.74) is 1.43. The van der Waals surface area contributed by atoms with Gasteiger partial charge in [0.2, 0.25) is 0 Å². The largest absolute Gasteiger partial charge is 0.310 e. The molecule has 0 aliphatic carbocycles. The quantitative estimate of drug-likeness (QED) is 0.827. The Bertz CT molecular complexity index is 382. The molecule has 3 atom stereocenters. The summed E-state index contributed by atoms with van der Waals surface area (Å²) in [5, 5.41) is 3.79. The molecule has 1 aromatic rings. The van der Waals surface area contributed by atoms with Crippen LogP contribution in [0.2, 0.25) is 0 Å². The lowest BCUT2D eigenvalue weighted by Gasteiger charge is -2.25. The molecule has 0 aromatic heterocycles. The van der Waals surface area contributed by atoms with Crippen molar-refractivity contribution in [3.05, 3.63) is 35.9 Å². The summed E-state index contributed by atoms with van der Waals surface area (Å²) >= 11 is 1.94. The van der Waals surface area contributed by atoms with E-state index in [-0.39, 0.29) is 0 Å². The number of thioether (sulfide) groups is 1. The van der Waals surface area contributed by atoms with Crippen LogP contribution in [0.5, 0.6) is 0 Å². The van der Waals surface area contributed by atoms with Gasteiger partial charge in [-0.25, -0.2) is 0 Å². The van der Waals surface area contributed by atoms with Gasteiger partial charge in [0, 0.05) is 31.2 Å². The highest BCUT2D eigenvalue weighted by atomic mass is 32.2. The van der Waals surface area contributed by atoms with E-state index < -0.39 is 0 Å². The second-order valence-corrected chi connectivity index (χ2v) is 6.90.